The molecule has 12 aromatic carbocycles. The molecule has 4 heteroatoms. The molecule has 380 valence electrons. The van der Waals surface area contributed by atoms with Gasteiger partial charge in [-0.1, -0.05) is 217 Å². The van der Waals surface area contributed by atoms with E-state index >= 15 is 0 Å². The van der Waals surface area contributed by atoms with Gasteiger partial charge in [-0.15, -0.1) is 0 Å². The minimum Gasteiger partial charge on any atom is -0.456 e. The Morgan fingerprint density at radius 1 is 0.362 bits per heavy atom. The van der Waals surface area contributed by atoms with Crippen molar-refractivity contribution in [1.29, 1.82) is 0 Å². The van der Waals surface area contributed by atoms with E-state index in [2.05, 4.69) is 288 Å². The van der Waals surface area contributed by atoms with Crippen LogP contribution < -0.4 is 15.8 Å². The highest BCUT2D eigenvalue weighted by molar-refractivity contribution is 6.90. The van der Waals surface area contributed by atoms with Gasteiger partial charge in [0, 0.05) is 61.3 Å². The fourth-order valence-electron chi connectivity index (χ4n) is 13.8. The van der Waals surface area contributed by atoms with E-state index in [1.165, 1.54) is 110 Å². The first-order valence-electron chi connectivity index (χ1n) is 28.3. The Balaban J connectivity index is 1.15. The molecular weight excluding hydrogens is 968 g/mol. The molecule has 2 aliphatic rings. The Morgan fingerprint density at radius 2 is 0.887 bits per heavy atom. The zero-order valence-electron chi connectivity index (χ0n) is 45.9. The molecule has 0 amide bonds. The van der Waals surface area contributed by atoms with E-state index in [9.17, 15) is 0 Å². The predicted molar refractivity (Wildman–Crippen MR) is 341 cm³/mol. The van der Waals surface area contributed by atoms with Gasteiger partial charge in [-0.2, -0.15) is 0 Å². The maximum Gasteiger partial charge on any atom is 0.333 e. The van der Waals surface area contributed by atoms with E-state index in [0.717, 1.165) is 50.1 Å². The molecule has 0 N–H and O–H groups in total. The second-order valence-electron chi connectivity index (χ2n) is 24.4. The predicted octanol–water partition coefficient (Wildman–Crippen LogP) is 19.7. The number of rotatable bonds is 5. The summed E-state index contributed by atoms with van der Waals surface area (Å²) in [6.45, 7) is 13.9. The lowest BCUT2D eigenvalue weighted by molar-refractivity contribution is 0.590. The van der Waals surface area contributed by atoms with Crippen LogP contribution in [-0.2, 0) is 10.8 Å². The maximum atomic E-state index is 7.20. The quantitative estimate of drug-likeness (QED) is 0.127. The molecule has 4 heterocycles. The van der Waals surface area contributed by atoms with Crippen LogP contribution in [0, 0.1) is 0 Å². The van der Waals surface area contributed by atoms with E-state index in [-0.39, 0.29) is 17.7 Å². The van der Waals surface area contributed by atoms with Crippen molar-refractivity contribution in [3.63, 3.8) is 0 Å². The molecule has 0 aliphatic carbocycles. The molecule has 2 aromatic heterocycles. The minimum absolute atomic E-state index is 0.0535. The Labute approximate surface area is 467 Å². The van der Waals surface area contributed by atoms with Gasteiger partial charge in [-0.3, -0.25) is 0 Å². The summed E-state index contributed by atoms with van der Waals surface area (Å²) in [6, 6.07) is 88.9. The van der Waals surface area contributed by atoms with Crippen LogP contribution in [-0.4, -0.2) is 11.3 Å². The van der Waals surface area contributed by atoms with Crippen molar-refractivity contribution < 1.29 is 4.42 Å². The van der Waals surface area contributed by atoms with Gasteiger partial charge >= 0.3 is 6.85 Å². The van der Waals surface area contributed by atoms with Crippen molar-refractivity contribution >= 4 is 100 Å². The van der Waals surface area contributed by atoms with E-state index in [4.69, 9.17) is 4.42 Å². The van der Waals surface area contributed by atoms with Crippen molar-refractivity contribution in [2.45, 2.75) is 52.4 Å². The Bertz CT molecular complexity index is 4830. The van der Waals surface area contributed by atoms with Crippen LogP contribution in [0.25, 0.3) is 121 Å². The highest BCUT2D eigenvalue weighted by Gasteiger charge is 2.45. The summed E-state index contributed by atoms with van der Waals surface area (Å²) in [6.07, 6.45) is 0. The van der Waals surface area contributed by atoms with Crippen LogP contribution in [0.15, 0.2) is 241 Å². The third-order valence-corrected chi connectivity index (χ3v) is 17.6. The van der Waals surface area contributed by atoms with Gasteiger partial charge in [0.2, 0.25) is 0 Å². The zero-order valence-corrected chi connectivity index (χ0v) is 45.9. The van der Waals surface area contributed by atoms with Crippen LogP contribution in [0.3, 0.4) is 0 Å². The van der Waals surface area contributed by atoms with Gasteiger partial charge in [0.15, 0.2) is 0 Å². The third kappa shape index (κ3) is 6.88. The second kappa shape index (κ2) is 17.1. The van der Waals surface area contributed by atoms with Crippen LogP contribution in [0.5, 0.6) is 0 Å². The number of anilines is 3. The molecule has 0 unspecified atom stereocenters. The Kier molecular flexibility index (Phi) is 9.96. The number of benzene rings is 12. The van der Waals surface area contributed by atoms with Crippen molar-refractivity contribution in [3.05, 3.63) is 248 Å². The topological polar surface area (TPSA) is 21.3 Å². The summed E-state index contributed by atoms with van der Waals surface area (Å²) in [5, 5.41) is 9.78. The largest absolute Gasteiger partial charge is 0.456 e. The number of nitrogens with zero attached hydrogens (tertiary/aromatic N) is 2. The van der Waals surface area contributed by atoms with Crippen LogP contribution in [0.1, 0.15) is 52.7 Å². The van der Waals surface area contributed by atoms with E-state index < -0.39 is 0 Å². The lowest BCUT2D eigenvalue weighted by Crippen LogP contribution is -2.56. The lowest BCUT2D eigenvalue weighted by atomic mass is 9.44. The van der Waals surface area contributed by atoms with Crippen molar-refractivity contribution in [1.82, 2.24) is 4.48 Å². The average molecular weight is 1030 g/mol. The van der Waals surface area contributed by atoms with Gasteiger partial charge < -0.3 is 13.8 Å². The number of fused-ring (bicyclic) bond motifs is 13. The molecule has 0 bridgehead atoms. The molecular formula is C76H57BN2O. The highest BCUT2D eigenvalue weighted by Crippen LogP contribution is 2.53. The van der Waals surface area contributed by atoms with E-state index in [0.29, 0.717) is 0 Å². The first-order chi connectivity index (χ1) is 39.0. The van der Waals surface area contributed by atoms with Gasteiger partial charge in [-0.25, -0.2) is 0 Å². The molecule has 0 fully saturated rings. The summed E-state index contributed by atoms with van der Waals surface area (Å²) >= 11 is 0. The summed E-state index contributed by atoms with van der Waals surface area (Å²) in [7, 11) is 0. The van der Waals surface area contributed by atoms with Gasteiger partial charge in [0.05, 0.1) is 0 Å². The summed E-state index contributed by atoms with van der Waals surface area (Å²) in [5.41, 5.74) is 24.6. The minimum atomic E-state index is -0.233. The van der Waals surface area contributed by atoms with Crippen molar-refractivity contribution in [3.8, 4) is 55.6 Å². The highest BCUT2D eigenvalue weighted by atomic mass is 16.3. The molecule has 14 aromatic rings. The van der Waals surface area contributed by atoms with Crippen LogP contribution in [0.2, 0.25) is 0 Å². The summed E-state index contributed by atoms with van der Waals surface area (Å²) in [4.78, 5) is 2.61. The monoisotopic (exact) mass is 1020 g/mol. The van der Waals surface area contributed by atoms with E-state index in [1.54, 1.807) is 0 Å². The number of furan rings is 1. The molecule has 0 atom stereocenters. The number of para-hydroxylation sites is 1. The summed E-state index contributed by atoms with van der Waals surface area (Å²) < 4.78 is 9.95. The molecule has 0 saturated carbocycles. The van der Waals surface area contributed by atoms with E-state index in [1.807, 2.05) is 0 Å². The van der Waals surface area contributed by atoms with Gasteiger partial charge in [-0.05, 0) is 159 Å². The molecule has 0 radical (unpaired) electrons. The second-order valence-corrected chi connectivity index (χ2v) is 24.4. The fraction of sp³-hybridized carbons (Fsp3) is 0.105. The molecule has 3 nitrogen and oxygen atoms in total. The Morgan fingerprint density at radius 3 is 1.48 bits per heavy atom. The normalized spacial score (nSPS) is 13.1. The first-order valence-corrected chi connectivity index (χ1v) is 28.3. The summed E-state index contributed by atoms with van der Waals surface area (Å²) in [5.74, 6) is 0. The van der Waals surface area contributed by atoms with Crippen LogP contribution in [0.4, 0.5) is 17.1 Å². The first kappa shape index (κ1) is 46.7. The number of hydrogen-bond acceptors (Lipinski definition) is 2. The molecule has 80 heavy (non-hydrogen) atoms. The van der Waals surface area contributed by atoms with Crippen molar-refractivity contribution in [2.75, 3.05) is 4.90 Å². The number of aromatic nitrogens is 1. The van der Waals surface area contributed by atoms with Crippen LogP contribution >= 0.6 is 0 Å². The fourth-order valence-corrected chi connectivity index (χ4v) is 13.8. The molecule has 0 saturated heterocycles. The van der Waals surface area contributed by atoms with Gasteiger partial charge in [0.25, 0.3) is 0 Å². The smallest absolute Gasteiger partial charge is 0.333 e. The lowest BCUT2D eigenvalue weighted by Gasteiger charge is -2.41. The van der Waals surface area contributed by atoms with Gasteiger partial charge in [0.1, 0.15) is 11.2 Å². The molecule has 16 rings (SSSR count). The number of hydrogen-bond donors (Lipinski definition) is 0. The standard InChI is InChI=1S/C76H57BN2O/c1-75(2,3)52-35-36-64-58(40-52)61-41-53(76(4,5)6)42-62-72-71-57-33-21-22-34-67(57)80-68(71)45-66-73(72)77(79(64)74(61)62)63-43-59-60(70(49-29-17-10-18-30-49)56-32-20-19-31-55(56)69(59)48-27-15-9-16-28-48)44-65(63)78(66)54-38-50(46-23-11-7-12-24-46)37-51(39-54)47-25-13-8-14-26-47/h7-45H,1-6H3. The third-order valence-electron chi connectivity index (χ3n) is 17.6. The average Bonchev–Trinajstić information content (AvgIpc) is 4.12. The van der Waals surface area contributed by atoms with Crippen molar-refractivity contribution in [2.24, 2.45) is 0 Å². The maximum absolute atomic E-state index is 7.20. The molecule has 0 spiro atoms. The molecule has 2 aliphatic heterocycles. The Hall–Kier alpha value is -9.38. The SMILES string of the molecule is CC(C)(C)c1ccc2c(c1)c1cc(C(C)(C)C)cc3c1n2B1c2cc4c(-c5ccccc5)c5ccccc5c(-c5ccccc5)c4cc2N(c2cc(-c4ccccc4)cc(-c4ccccc4)c2)c2cc4oc5ccccc5c4c-3c21. The zero-order chi connectivity index (χ0) is 53.8.